The summed E-state index contributed by atoms with van der Waals surface area (Å²) in [4.78, 5) is 25.4. The number of amides is 1. The van der Waals surface area contributed by atoms with Gasteiger partial charge in [0.1, 0.15) is 5.75 Å². The van der Waals surface area contributed by atoms with E-state index in [9.17, 15) is 4.79 Å². The first kappa shape index (κ1) is 17.9. The molecule has 142 valence electrons. The second-order valence-electron chi connectivity index (χ2n) is 7.29. The van der Waals surface area contributed by atoms with Crippen LogP contribution in [0.1, 0.15) is 48.2 Å². The molecule has 27 heavy (non-hydrogen) atoms. The molecule has 2 fully saturated rings. The topological polar surface area (TPSA) is 58.6 Å². The fourth-order valence-electron chi connectivity index (χ4n) is 3.79. The van der Waals surface area contributed by atoms with Crippen LogP contribution in [-0.2, 0) is 6.54 Å². The maximum Gasteiger partial charge on any atom is 0.274 e. The van der Waals surface area contributed by atoms with Crippen molar-refractivity contribution in [3.8, 4) is 11.6 Å². The van der Waals surface area contributed by atoms with Gasteiger partial charge in [0.05, 0.1) is 12.4 Å². The maximum absolute atomic E-state index is 12.5. The van der Waals surface area contributed by atoms with E-state index < -0.39 is 0 Å². The third-order valence-corrected chi connectivity index (χ3v) is 5.25. The second-order valence-corrected chi connectivity index (χ2v) is 7.29. The molecule has 0 bridgehead atoms. The SMILES string of the molecule is O=C(c1cncc(Oc2ccccc2CN2CCCCC2)n1)N1CCCC1. The van der Waals surface area contributed by atoms with Gasteiger partial charge in [0.15, 0.2) is 5.69 Å². The van der Waals surface area contributed by atoms with Gasteiger partial charge in [0.25, 0.3) is 5.91 Å². The standard InChI is InChI=1S/C21H26N4O2/c26-21(25-12-6-7-13-25)18-14-22-15-20(23-18)27-19-9-3-2-8-17(19)16-24-10-4-1-5-11-24/h2-3,8-9,14-15H,1,4-7,10-13,16H2. The van der Waals surface area contributed by atoms with E-state index in [1.807, 2.05) is 23.1 Å². The average Bonchev–Trinajstić information content (AvgIpc) is 3.25. The molecule has 4 rings (SSSR count). The third-order valence-electron chi connectivity index (χ3n) is 5.25. The molecule has 2 aliphatic rings. The number of hydrogen-bond acceptors (Lipinski definition) is 5. The lowest BCUT2D eigenvalue weighted by Crippen LogP contribution is -2.29. The summed E-state index contributed by atoms with van der Waals surface area (Å²) in [6.45, 7) is 4.73. The van der Waals surface area contributed by atoms with Gasteiger partial charge in [-0.3, -0.25) is 14.7 Å². The van der Waals surface area contributed by atoms with Crippen molar-refractivity contribution < 1.29 is 9.53 Å². The van der Waals surface area contributed by atoms with E-state index in [0.717, 1.165) is 56.9 Å². The van der Waals surface area contributed by atoms with Gasteiger partial charge in [0.2, 0.25) is 5.88 Å². The molecule has 0 unspecified atom stereocenters. The molecule has 0 atom stereocenters. The average molecular weight is 366 g/mol. The van der Waals surface area contributed by atoms with Crippen LogP contribution in [0.25, 0.3) is 0 Å². The smallest absolute Gasteiger partial charge is 0.274 e. The Morgan fingerprint density at radius 1 is 0.963 bits per heavy atom. The molecule has 2 aliphatic heterocycles. The summed E-state index contributed by atoms with van der Waals surface area (Å²) in [5.41, 5.74) is 1.49. The van der Waals surface area contributed by atoms with Crippen LogP contribution in [0.15, 0.2) is 36.7 Å². The number of aromatic nitrogens is 2. The fourth-order valence-corrected chi connectivity index (χ4v) is 3.79. The lowest BCUT2D eigenvalue weighted by atomic mass is 10.1. The maximum atomic E-state index is 12.5. The van der Waals surface area contributed by atoms with Gasteiger partial charge in [-0.25, -0.2) is 4.98 Å². The van der Waals surface area contributed by atoms with Gasteiger partial charge < -0.3 is 9.64 Å². The fraction of sp³-hybridized carbons (Fsp3) is 0.476. The van der Waals surface area contributed by atoms with Crippen molar-refractivity contribution in [1.82, 2.24) is 19.8 Å². The Morgan fingerprint density at radius 2 is 1.70 bits per heavy atom. The molecule has 0 saturated carbocycles. The quantitative estimate of drug-likeness (QED) is 0.811. The molecular formula is C21H26N4O2. The molecule has 6 nitrogen and oxygen atoms in total. The molecule has 1 aromatic heterocycles. The van der Waals surface area contributed by atoms with Crippen LogP contribution in [0, 0.1) is 0 Å². The Labute approximate surface area is 160 Å². The van der Waals surface area contributed by atoms with Gasteiger partial charge in [-0.1, -0.05) is 24.6 Å². The summed E-state index contributed by atoms with van der Waals surface area (Å²) < 4.78 is 6.03. The summed E-state index contributed by atoms with van der Waals surface area (Å²) in [5, 5.41) is 0. The molecule has 1 aromatic carbocycles. The van der Waals surface area contributed by atoms with E-state index in [2.05, 4.69) is 20.9 Å². The number of likely N-dealkylation sites (tertiary alicyclic amines) is 2. The predicted octanol–water partition coefficient (Wildman–Crippen LogP) is 3.49. The molecule has 1 amide bonds. The minimum atomic E-state index is -0.0629. The summed E-state index contributed by atoms with van der Waals surface area (Å²) in [7, 11) is 0. The van der Waals surface area contributed by atoms with E-state index >= 15 is 0 Å². The van der Waals surface area contributed by atoms with Crippen LogP contribution in [0.3, 0.4) is 0 Å². The molecule has 2 aromatic rings. The van der Waals surface area contributed by atoms with Crippen molar-refractivity contribution in [2.45, 2.75) is 38.6 Å². The van der Waals surface area contributed by atoms with E-state index in [-0.39, 0.29) is 5.91 Å². The molecular weight excluding hydrogens is 340 g/mol. The number of carbonyl (C=O) groups is 1. The summed E-state index contributed by atoms with van der Waals surface area (Å²) in [6, 6.07) is 8.04. The summed E-state index contributed by atoms with van der Waals surface area (Å²) in [5.74, 6) is 1.08. The Bertz CT molecular complexity index is 783. The third kappa shape index (κ3) is 4.45. The molecule has 0 N–H and O–H groups in total. The van der Waals surface area contributed by atoms with Crippen molar-refractivity contribution in [2.24, 2.45) is 0 Å². The molecule has 2 saturated heterocycles. The zero-order valence-corrected chi connectivity index (χ0v) is 15.6. The Hall–Kier alpha value is -2.47. The number of nitrogens with zero attached hydrogens (tertiary/aromatic N) is 4. The molecule has 3 heterocycles. The van der Waals surface area contributed by atoms with Crippen LogP contribution in [0.5, 0.6) is 11.6 Å². The van der Waals surface area contributed by atoms with E-state index in [0.29, 0.717) is 11.6 Å². The Balaban J connectivity index is 1.49. The minimum Gasteiger partial charge on any atom is -0.437 e. The number of ether oxygens (including phenoxy) is 1. The number of piperidine rings is 1. The lowest BCUT2D eigenvalue weighted by Gasteiger charge is -2.27. The number of benzene rings is 1. The number of hydrogen-bond donors (Lipinski definition) is 0. The van der Waals surface area contributed by atoms with Crippen LogP contribution in [0.2, 0.25) is 0 Å². The normalized spacial score (nSPS) is 17.9. The van der Waals surface area contributed by atoms with Crippen LogP contribution >= 0.6 is 0 Å². The van der Waals surface area contributed by atoms with Crippen molar-refractivity contribution in [3.05, 3.63) is 47.9 Å². The first-order valence-corrected chi connectivity index (χ1v) is 9.89. The molecule has 0 aliphatic carbocycles. The predicted molar refractivity (Wildman–Crippen MR) is 103 cm³/mol. The van der Waals surface area contributed by atoms with Gasteiger partial charge in [0, 0.05) is 25.2 Å². The van der Waals surface area contributed by atoms with Crippen LogP contribution < -0.4 is 4.74 Å². The van der Waals surface area contributed by atoms with Gasteiger partial charge in [-0.05, 0) is 44.8 Å². The highest BCUT2D eigenvalue weighted by Gasteiger charge is 2.21. The first-order valence-electron chi connectivity index (χ1n) is 9.89. The number of carbonyl (C=O) groups excluding carboxylic acids is 1. The van der Waals surface area contributed by atoms with Gasteiger partial charge >= 0.3 is 0 Å². The largest absolute Gasteiger partial charge is 0.437 e. The highest BCUT2D eigenvalue weighted by Crippen LogP contribution is 2.26. The highest BCUT2D eigenvalue weighted by molar-refractivity contribution is 5.92. The van der Waals surface area contributed by atoms with Crippen LogP contribution in [0.4, 0.5) is 0 Å². The molecule has 0 radical (unpaired) electrons. The van der Waals surface area contributed by atoms with Crippen molar-refractivity contribution in [2.75, 3.05) is 26.2 Å². The zero-order valence-electron chi connectivity index (χ0n) is 15.6. The first-order chi connectivity index (χ1) is 13.3. The summed E-state index contributed by atoms with van der Waals surface area (Å²) in [6.07, 6.45) is 9.04. The van der Waals surface area contributed by atoms with E-state index in [1.54, 1.807) is 6.20 Å². The monoisotopic (exact) mass is 366 g/mol. The van der Waals surface area contributed by atoms with Crippen molar-refractivity contribution >= 4 is 5.91 Å². The molecule has 0 spiro atoms. The number of rotatable bonds is 5. The van der Waals surface area contributed by atoms with Crippen molar-refractivity contribution in [1.29, 1.82) is 0 Å². The van der Waals surface area contributed by atoms with Crippen molar-refractivity contribution in [3.63, 3.8) is 0 Å². The van der Waals surface area contributed by atoms with E-state index in [4.69, 9.17) is 4.74 Å². The second kappa shape index (κ2) is 8.48. The lowest BCUT2D eigenvalue weighted by molar-refractivity contribution is 0.0785. The summed E-state index contributed by atoms with van der Waals surface area (Å²) >= 11 is 0. The highest BCUT2D eigenvalue weighted by atomic mass is 16.5. The van der Waals surface area contributed by atoms with Gasteiger partial charge in [-0.15, -0.1) is 0 Å². The zero-order chi connectivity index (χ0) is 18.5. The Kier molecular flexibility index (Phi) is 5.63. The minimum absolute atomic E-state index is 0.0629. The number of para-hydroxylation sites is 1. The van der Waals surface area contributed by atoms with Gasteiger partial charge in [-0.2, -0.15) is 0 Å². The molecule has 6 heteroatoms. The van der Waals surface area contributed by atoms with E-state index in [1.165, 1.54) is 25.5 Å². The Morgan fingerprint density at radius 3 is 2.52 bits per heavy atom. The van der Waals surface area contributed by atoms with Crippen LogP contribution in [-0.4, -0.2) is 51.9 Å².